The average molecular weight is 258 g/mol. The van der Waals surface area contributed by atoms with E-state index in [4.69, 9.17) is 4.74 Å². The van der Waals surface area contributed by atoms with Crippen LogP contribution in [0, 0.1) is 13.8 Å². The molecule has 0 spiro atoms. The lowest BCUT2D eigenvalue weighted by atomic mass is 10.0. The minimum absolute atomic E-state index is 0.346. The van der Waals surface area contributed by atoms with Crippen LogP contribution in [0.25, 0.3) is 10.9 Å². The molecule has 0 saturated carbocycles. The summed E-state index contributed by atoms with van der Waals surface area (Å²) in [6.45, 7) is 6.20. The maximum atomic E-state index is 11.9. The molecule has 2 aromatic rings. The summed E-state index contributed by atoms with van der Waals surface area (Å²) in [6.07, 6.45) is 1.57. The molecule has 1 aromatic heterocycles. The summed E-state index contributed by atoms with van der Waals surface area (Å²) in [6, 6.07) is 4.10. The van der Waals surface area contributed by atoms with Gasteiger partial charge >= 0.3 is 5.97 Å². The Labute approximate surface area is 112 Å². The number of nitrogens with zero attached hydrogens (tertiary/aromatic N) is 1. The first-order chi connectivity index (χ1) is 9.08. The first-order valence-corrected chi connectivity index (χ1v) is 6.33. The highest BCUT2D eigenvalue weighted by molar-refractivity contribution is 6.06. The Kier molecular flexibility index (Phi) is 3.69. The Balaban J connectivity index is 2.72. The molecule has 2 rings (SSSR count). The lowest BCUT2D eigenvalue weighted by Crippen LogP contribution is -2.09. The van der Waals surface area contributed by atoms with Crippen LogP contribution in [0.15, 0.2) is 18.3 Å². The van der Waals surface area contributed by atoms with Crippen LogP contribution in [-0.2, 0) is 4.74 Å². The molecule has 19 heavy (non-hydrogen) atoms. The van der Waals surface area contributed by atoms with Gasteiger partial charge < -0.3 is 10.1 Å². The van der Waals surface area contributed by atoms with Gasteiger partial charge in [0.15, 0.2) is 0 Å². The molecule has 0 bridgehead atoms. The number of carbonyl (C=O) groups excluding carboxylic acids is 1. The lowest BCUT2D eigenvalue weighted by Gasteiger charge is -2.13. The number of carbonyl (C=O) groups is 1. The van der Waals surface area contributed by atoms with E-state index >= 15 is 0 Å². The monoisotopic (exact) mass is 258 g/mol. The third-order valence-electron chi connectivity index (χ3n) is 3.06. The van der Waals surface area contributed by atoms with Crippen LogP contribution in [0.4, 0.5) is 5.69 Å². The molecule has 1 heterocycles. The molecule has 0 aliphatic heterocycles. The van der Waals surface area contributed by atoms with Gasteiger partial charge in [0.05, 0.1) is 17.8 Å². The molecular formula is C15H18N2O2. The third kappa shape index (κ3) is 2.38. The summed E-state index contributed by atoms with van der Waals surface area (Å²) in [5.41, 5.74) is 4.39. The van der Waals surface area contributed by atoms with Crippen molar-refractivity contribution in [1.29, 1.82) is 0 Å². The van der Waals surface area contributed by atoms with Gasteiger partial charge in [-0.15, -0.1) is 0 Å². The van der Waals surface area contributed by atoms with E-state index in [2.05, 4.69) is 16.4 Å². The number of hydrogen-bond acceptors (Lipinski definition) is 4. The van der Waals surface area contributed by atoms with Crippen LogP contribution in [0.1, 0.15) is 28.4 Å². The van der Waals surface area contributed by atoms with Gasteiger partial charge in [-0.25, -0.2) is 4.79 Å². The lowest BCUT2D eigenvalue weighted by molar-refractivity contribution is 0.0527. The summed E-state index contributed by atoms with van der Waals surface area (Å²) in [7, 11) is 1.80. The highest BCUT2D eigenvalue weighted by Gasteiger charge is 2.16. The van der Waals surface area contributed by atoms with E-state index in [1.54, 1.807) is 20.2 Å². The van der Waals surface area contributed by atoms with E-state index in [0.29, 0.717) is 12.2 Å². The second kappa shape index (κ2) is 5.26. The standard InChI is InChI=1S/C15H18N2O2/c1-5-19-15(18)11-8-17-12-7-9(2)6-10(3)13(12)14(11)16-4/h6-8H,5H2,1-4H3,(H,16,17). The van der Waals surface area contributed by atoms with Crippen LogP contribution in [0.3, 0.4) is 0 Å². The summed E-state index contributed by atoms with van der Waals surface area (Å²) < 4.78 is 5.06. The van der Waals surface area contributed by atoms with Crippen molar-refractivity contribution in [3.05, 3.63) is 35.0 Å². The average Bonchev–Trinajstić information content (AvgIpc) is 2.37. The summed E-state index contributed by atoms with van der Waals surface area (Å²) in [4.78, 5) is 16.3. The van der Waals surface area contributed by atoms with Crippen molar-refractivity contribution in [2.75, 3.05) is 19.0 Å². The van der Waals surface area contributed by atoms with Crippen LogP contribution in [0.5, 0.6) is 0 Å². The maximum Gasteiger partial charge on any atom is 0.341 e. The third-order valence-corrected chi connectivity index (χ3v) is 3.06. The maximum absolute atomic E-state index is 11.9. The number of fused-ring (bicyclic) bond motifs is 1. The molecule has 0 aliphatic rings. The number of nitrogens with one attached hydrogen (secondary N) is 1. The molecule has 0 unspecified atom stereocenters. The van der Waals surface area contributed by atoms with E-state index in [0.717, 1.165) is 27.7 Å². The fourth-order valence-corrected chi connectivity index (χ4v) is 2.33. The molecule has 0 atom stereocenters. The van der Waals surface area contributed by atoms with E-state index in [1.807, 2.05) is 19.9 Å². The van der Waals surface area contributed by atoms with Crippen molar-refractivity contribution in [2.24, 2.45) is 0 Å². The molecule has 1 aromatic carbocycles. The Morgan fingerprint density at radius 3 is 2.74 bits per heavy atom. The molecule has 4 heteroatoms. The van der Waals surface area contributed by atoms with E-state index in [1.165, 1.54) is 0 Å². The van der Waals surface area contributed by atoms with Crippen LogP contribution >= 0.6 is 0 Å². The second-order valence-electron chi connectivity index (χ2n) is 4.49. The zero-order valence-corrected chi connectivity index (χ0v) is 11.7. The quantitative estimate of drug-likeness (QED) is 0.860. The van der Waals surface area contributed by atoms with E-state index < -0.39 is 0 Å². The molecule has 0 amide bonds. The van der Waals surface area contributed by atoms with Crippen LogP contribution in [0.2, 0.25) is 0 Å². The zero-order valence-electron chi connectivity index (χ0n) is 11.7. The zero-order chi connectivity index (χ0) is 14.0. The highest BCUT2D eigenvalue weighted by atomic mass is 16.5. The normalized spacial score (nSPS) is 10.5. The summed E-state index contributed by atoms with van der Waals surface area (Å²) in [5, 5.41) is 4.07. The molecule has 1 N–H and O–H groups in total. The predicted molar refractivity (Wildman–Crippen MR) is 76.7 cm³/mol. The number of hydrogen-bond donors (Lipinski definition) is 1. The first-order valence-electron chi connectivity index (χ1n) is 6.33. The number of anilines is 1. The minimum Gasteiger partial charge on any atom is -0.462 e. The van der Waals surface area contributed by atoms with Crippen LogP contribution in [-0.4, -0.2) is 24.6 Å². The highest BCUT2D eigenvalue weighted by Crippen LogP contribution is 2.29. The number of pyridine rings is 1. The predicted octanol–water partition coefficient (Wildman–Crippen LogP) is 3.07. The second-order valence-corrected chi connectivity index (χ2v) is 4.49. The van der Waals surface area contributed by atoms with Crippen molar-refractivity contribution >= 4 is 22.6 Å². The van der Waals surface area contributed by atoms with Crippen molar-refractivity contribution in [1.82, 2.24) is 4.98 Å². The van der Waals surface area contributed by atoms with Crippen molar-refractivity contribution in [2.45, 2.75) is 20.8 Å². The molecule has 0 saturated heterocycles. The number of aryl methyl sites for hydroxylation is 2. The molecule has 0 aliphatic carbocycles. The van der Waals surface area contributed by atoms with Gasteiger partial charge in [0.1, 0.15) is 5.56 Å². The van der Waals surface area contributed by atoms with Crippen LogP contribution < -0.4 is 5.32 Å². The number of benzene rings is 1. The Morgan fingerprint density at radius 1 is 1.37 bits per heavy atom. The first kappa shape index (κ1) is 13.3. The number of ether oxygens (including phenoxy) is 1. The number of aromatic nitrogens is 1. The Bertz CT molecular complexity index is 636. The summed E-state index contributed by atoms with van der Waals surface area (Å²) in [5.74, 6) is -0.346. The van der Waals surface area contributed by atoms with Gasteiger partial charge in [-0.1, -0.05) is 6.07 Å². The minimum atomic E-state index is -0.346. The summed E-state index contributed by atoms with van der Waals surface area (Å²) >= 11 is 0. The van der Waals surface area contributed by atoms with Gasteiger partial charge in [-0.3, -0.25) is 4.98 Å². The van der Waals surface area contributed by atoms with E-state index in [9.17, 15) is 4.79 Å². The fourth-order valence-electron chi connectivity index (χ4n) is 2.33. The largest absolute Gasteiger partial charge is 0.462 e. The van der Waals surface area contributed by atoms with Gasteiger partial charge in [0.2, 0.25) is 0 Å². The number of rotatable bonds is 3. The molecule has 0 radical (unpaired) electrons. The number of esters is 1. The van der Waals surface area contributed by atoms with Crippen molar-refractivity contribution in [3.8, 4) is 0 Å². The SMILES string of the molecule is CCOC(=O)c1cnc2cc(C)cc(C)c2c1NC. The van der Waals surface area contributed by atoms with Crippen molar-refractivity contribution in [3.63, 3.8) is 0 Å². The van der Waals surface area contributed by atoms with Gasteiger partial charge in [-0.05, 0) is 38.0 Å². The molecule has 4 nitrogen and oxygen atoms in total. The smallest absolute Gasteiger partial charge is 0.341 e. The van der Waals surface area contributed by atoms with Gasteiger partial charge in [0.25, 0.3) is 0 Å². The van der Waals surface area contributed by atoms with Gasteiger partial charge in [0, 0.05) is 18.6 Å². The van der Waals surface area contributed by atoms with Crippen molar-refractivity contribution < 1.29 is 9.53 Å². The Morgan fingerprint density at radius 2 is 2.11 bits per heavy atom. The van der Waals surface area contributed by atoms with E-state index in [-0.39, 0.29) is 5.97 Å². The fraction of sp³-hybridized carbons (Fsp3) is 0.333. The molecule has 0 fully saturated rings. The van der Waals surface area contributed by atoms with Gasteiger partial charge in [-0.2, -0.15) is 0 Å². The molecular weight excluding hydrogens is 240 g/mol. The topological polar surface area (TPSA) is 51.2 Å². The molecule has 100 valence electrons. The Hall–Kier alpha value is -2.10.